The van der Waals surface area contributed by atoms with E-state index >= 15 is 0 Å². The highest BCUT2D eigenvalue weighted by molar-refractivity contribution is 6.30. The average Bonchev–Trinajstić information content (AvgIpc) is 2.59. The quantitative estimate of drug-likeness (QED) is 0.729. The number of hydrogen-bond acceptors (Lipinski definition) is 2. The smallest absolute Gasteiger partial charge is 0.268 e. The molecule has 0 saturated carbocycles. The molecule has 1 aromatic heterocycles. The molecule has 4 heteroatoms. The molecule has 0 aliphatic heterocycles. The second-order valence-electron chi connectivity index (χ2n) is 5.18. The predicted molar refractivity (Wildman–Crippen MR) is 91.4 cm³/mol. The molecule has 0 radical (unpaired) electrons. The van der Waals surface area contributed by atoms with Gasteiger partial charge in [-0.3, -0.25) is 4.79 Å². The van der Waals surface area contributed by atoms with E-state index in [-0.39, 0.29) is 11.1 Å². The van der Waals surface area contributed by atoms with Gasteiger partial charge in [-0.1, -0.05) is 54.1 Å². The van der Waals surface area contributed by atoms with Crippen LogP contribution >= 0.6 is 11.6 Å². The van der Waals surface area contributed by atoms with Crippen LogP contribution in [0, 0.1) is 11.3 Å². The minimum absolute atomic E-state index is 0.139. The molecule has 0 aliphatic rings. The third kappa shape index (κ3) is 3.33. The Hall–Kier alpha value is -2.83. The molecule has 1 heterocycles. The minimum atomic E-state index is -0.290. The summed E-state index contributed by atoms with van der Waals surface area (Å²) in [5, 5.41) is 9.89. The number of halogens is 1. The van der Waals surface area contributed by atoms with E-state index in [0.717, 1.165) is 16.7 Å². The van der Waals surface area contributed by atoms with Gasteiger partial charge in [-0.15, -0.1) is 0 Å². The van der Waals surface area contributed by atoms with Crippen LogP contribution in [0.5, 0.6) is 0 Å². The Morgan fingerprint density at radius 1 is 1.00 bits per heavy atom. The second kappa shape index (κ2) is 6.51. The maximum atomic E-state index is 12.4. The maximum Gasteiger partial charge on any atom is 0.268 e. The largest absolute Gasteiger partial charge is 0.309 e. The van der Waals surface area contributed by atoms with E-state index in [2.05, 4.69) is 0 Å². The zero-order valence-electron chi connectivity index (χ0n) is 12.2. The summed E-state index contributed by atoms with van der Waals surface area (Å²) < 4.78 is 1.56. The van der Waals surface area contributed by atoms with Crippen molar-refractivity contribution >= 4 is 11.6 Å². The molecule has 112 valence electrons. The molecule has 0 saturated heterocycles. The van der Waals surface area contributed by atoms with Crippen molar-refractivity contribution in [2.75, 3.05) is 0 Å². The van der Waals surface area contributed by atoms with Crippen molar-refractivity contribution in [2.24, 2.45) is 0 Å². The van der Waals surface area contributed by atoms with Crippen molar-refractivity contribution in [3.05, 3.63) is 93.4 Å². The maximum absolute atomic E-state index is 12.4. The van der Waals surface area contributed by atoms with Gasteiger partial charge in [0.2, 0.25) is 0 Å². The van der Waals surface area contributed by atoms with E-state index in [1.165, 1.54) is 0 Å². The first-order chi connectivity index (χ1) is 11.2. The molecule has 0 amide bonds. The molecule has 0 unspecified atom stereocenters. The lowest BCUT2D eigenvalue weighted by atomic mass is 10.1. The van der Waals surface area contributed by atoms with Crippen molar-refractivity contribution in [2.45, 2.75) is 6.54 Å². The molecule has 23 heavy (non-hydrogen) atoms. The Bertz CT molecular complexity index is 922. The summed E-state index contributed by atoms with van der Waals surface area (Å²) in [4.78, 5) is 12.4. The standard InChI is InChI=1S/C19H13ClN2O/c20-18-8-6-14(7-9-18)12-22-13-17(10-16(11-21)19(22)23)15-4-2-1-3-5-15/h1-10,13H,12H2. The summed E-state index contributed by atoms with van der Waals surface area (Å²) in [6.45, 7) is 0.394. The van der Waals surface area contributed by atoms with Crippen LogP contribution in [-0.2, 0) is 6.54 Å². The van der Waals surface area contributed by atoms with Gasteiger partial charge in [-0.05, 0) is 34.9 Å². The monoisotopic (exact) mass is 320 g/mol. The number of aromatic nitrogens is 1. The van der Waals surface area contributed by atoms with Gasteiger partial charge in [0.05, 0.1) is 6.54 Å². The van der Waals surface area contributed by atoms with Gasteiger partial charge in [0.15, 0.2) is 0 Å². The normalized spacial score (nSPS) is 10.3. The van der Waals surface area contributed by atoms with Crippen molar-refractivity contribution in [1.29, 1.82) is 5.26 Å². The Balaban J connectivity index is 2.07. The van der Waals surface area contributed by atoms with Crippen LogP contribution in [0.4, 0.5) is 0 Å². The lowest BCUT2D eigenvalue weighted by Crippen LogP contribution is -2.22. The lowest BCUT2D eigenvalue weighted by molar-refractivity contribution is 0.758. The van der Waals surface area contributed by atoms with E-state index in [0.29, 0.717) is 11.6 Å². The van der Waals surface area contributed by atoms with E-state index in [1.54, 1.807) is 29.0 Å². The van der Waals surface area contributed by atoms with Gasteiger partial charge in [0, 0.05) is 11.2 Å². The summed E-state index contributed by atoms with van der Waals surface area (Å²) in [6, 6.07) is 20.6. The van der Waals surface area contributed by atoms with Crippen molar-refractivity contribution in [3.63, 3.8) is 0 Å². The molecule has 0 fully saturated rings. The van der Waals surface area contributed by atoms with Crippen LogP contribution in [-0.4, -0.2) is 4.57 Å². The van der Waals surface area contributed by atoms with Gasteiger partial charge in [-0.2, -0.15) is 5.26 Å². The summed E-state index contributed by atoms with van der Waals surface area (Å²) in [5.74, 6) is 0. The molecule has 3 aromatic rings. The molecule has 3 rings (SSSR count). The second-order valence-corrected chi connectivity index (χ2v) is 5.62. The number of benzene rings is 2. The van der Waals surface area contributed by atoms with Crippen molar-refractivity contribution in [3.8, 4) is 17.2 Å². The van der Waals surface area contributed by atoms with Crippen LogP contribution in [0.1, 0.15) is 11.1 Å². The van der Waals surface area contributed by atoms with Crippen LogP contribution < -0.4 is 5.56 Å². The topological polar surface area (TPSA) is 45.8 Å². The van der Waals surface area contributed by atoms with Gasteiger partial charge >= 0.3 is 0 Å². The lowest BCUT2D eigenvalue weighted by Gasteiger charge is -2.10. The first-order valence-corrected chi connectivity index (χ1v) is 7.49. The average molecular weight is 321 g/mol. The molecule has 3 nitrogen and oxygen atoms in total. The van der Waals surface area contributed by atoms with Gasteiger partial charge < -0.3 is 4.57 Å². The van der Waals surface area contributed by atoms with E-state index < -0.39 is 0 Å². The summed E-state index contributed by atoms with van der Waals surface area (Å²) in [5.41, 5.74) is 2.61. The number of rotatable bonds is 3. The van der Waals surface area contributed by atoms with E-state index in [4.69, 9.17) is 11.6 Å². The number of pyridine rings is 1. The fraction of sp³-hybridized carbons (Fsp3) is 0.0526. The number of hydrogen-bond donors (Lipinski definition) is 0. The molecule has 0 atom stereocenters. The highest BCUT2D eigenvalue weighted by atomic mass is 35.5. The molecule has 0 N–H and O–H groups in total. The zero-order valence-corrected chi connectivity index (χ0v) is 13.0. The fourth-order valence-electron chi connectivity index (χ4n) is 2.41. The predicted octanol–water partition coefficient (Wildman–Crippen LogP) is 4.09. The summed E-state index contributed by atoms with van der Waals surface area (Å²) in [7, 11) is 0. The van der Waals surface area contributed by atoms with Crippen LogP contribution in [0.2, 0.25) is 5.02 Å². The third-order valence-corrected chi connectivity index (χ3v) is 3.83. The van der Waals surface area contributed by atoms with Crippen LogP contribution in [0.3, 0.4) is 0 Å². The van der Waals surface area contributed by atoms with Crippen molar-refractivity contribution < 1.29 is 0 Å². The Morgan fingerprint density at radius 3 is 2.35 bits per heavy atom. The Kier molecular flexibility index (Phi) is 4.27. The Morgan fingerprint density at radius 2 is 1.70 bits per heavy atom. The summed E-state index contributed by atoms with van der Waals surface area (Å²) >= 11 is 5.89. The first kappa shape index (κ1) is 15.1. The molecule has 2 aromatic carbocycles. The SMILES string of the molecule is N#Cc1cc(-c2ccccc2)cn(Cc2ccc(Cl)cc2)c1=O. The van der Waals surface area contributed by atoms with E-state index in [9.17, 15) is 10.1 Å². The van der Waals surface area contributed by atoms with Crippen LogP contribution in [0.25, 0.3) is 11.1 Å². The van der Waals surface area contributed by atoms with E-state index in [1.807, 2.05) is 48.5 Å². The zero-order chi connectivity index (χ0) is 16.2. The highest BCUT2D eigenvalue weighted by Crippen LogP contribution is 2.19. The first-order valence-electron chi connectivity index (χ1n) is 7.12. The number of nitrogens with zero attached hydrogens (tertiary/aromatic N) is 2. The van der Waals surface area contributed by atoms with Gasteiger partial charge in [-0.25, -0.2) is 0 Å². The van der Waals surface area contributed by atoms with Crippen molar-refractivity contribution in [1.82, 2.24) is 4.57 Å². The van der Waals surface area contributed by atoms with Gasteiger partial charge in [0.1, 0.15) is 11.6 Å². The highest BCUT2D eigenvalue weighted by Gasteiger charge is 2.08. The molecule has 0 bridgehead atoms. The third-order valence-electron chi connectivity index (χ3n) is 3.58. The number of nitriles is 1. The molecule has 0 aliphatic carbocycles. The Labute approximate surface area is 139 Å². The molecule has 0 spiro atoms. The fourth-order valence-corrected chi connectivity index (χ4v) is 2.53. The van der Waals surface area contributed by atoms with Gasteiger partial charge in [0.25, 0.3) is 5.56 Å². The summed E-state index contributed by atoms with van der Waals surface area (Å²) in [6.07, 6.45) is 1.78. The molecular weight excluding hydrogens is 308 g/mol. The minimum Gasteiger partial charge on any atom is -0.309 e. The molecular formula is C19H13ClN2O. The van der Waals surface area contributed by atoms with Crippen LogP contribution in [0.15, 0.2) is 71.7 Å².